The highest BCUT2D eigenvalue weighted by molar-refractivity contribution is 7.92. The Morgan fingerprint density at radius 1 is 1.15 bits per heavy atom. The number of halogens is 1. The van der Waals surface area contributed by atoms with E-state index < -0.39 is 15.8 Å². The topological polar surface area (TPSA) is 72.2 Å². The van der Waals surface area contributed by atoms with Crippen LogP contribution < -0.4 is 10.5 Å². The van der Waals surface area contributed by atoms with Gasteiger partial charge in [0, 0.05) is 11.3 Å². The molecule has 0 atom stereocenters. The van der Waals surface area contributed by atoms with E-state index in [-0.39, 0.29) is 16.1 Å². The number of benzene rings is 2. The van der Waals surface area contributed by atoms with Crippen molar-refractivity contribution in [1.82, 2.24) is 0 Å². The van der Waals surface area contributed by atoms with Crippen LogP contribution in [0.3, 0.4) is 0 Å². The lowest BCUT2D eigenvalue weighted by Gasteiger charge is -2.13. The highest BCUT2D eigenvalue weighted by Gasteiger charge is 2.18. The minimum atomic E-state index is -3.80. The maximum Gasteiger partial charge on any atom is 0.262 e. The van der Waals surface area contributed by atoms with Crippen LogP contribution in [0.4, 0.5) is 15.8 Å². The van der Waals surface area contributed by atoms with Crippen LogP contribution in [0.1, 0.15) is 11.1 Å². The molecule has 2 aromatic rings. The third-order valence-electron chi connectivity index (χ3n) is 3.01. The van der Waals surface area contributed by atoms with Gasteiger partial charge in [0.25, 0.3) is 10.0 Å². The number of nitrogens with one attached hydrogen (secondary N) is 1. The van der Waals surface area contributed by atoms with Gasteiger partial charge in [-0.05, 0) is 43.7 Å². The molecule has 0 radical (unpaired) electrons. The summed E-state index contributed by atoms with van der Waals surface area (Å²) in [6.07, 6.45) is 0. The van der Waals surface area contributed by atoms with Crippen molar-refractivity contribution in [3.63, 3.8) is 0 Å². The van der Waals surface area contributed by atoms with Crippen molar-refractivity contribution in [2.45, 2.75) is 18.7 Å². The Morgan fingerprint density at radius 2 is 1.85 bits per heavy atom. The highest BCUT2D eigenvalue weighted by Crippen LogP contribution is 2.24. The van der Waals surface area contributed by atoms with Crippen molar-refractivity contribution in [3.8, 4) is 0 Å². The standard InChI is InChI=1S/C14H15FN2O2S/c1-9-6-7-11(16)8-14(9)20(18,19)17-13-5-3-4-12(15)10(13)2/h3-8,17H,16H2,1-2H3. The Kier molecular flexibility index (Phi) is 3.67. The summed E-state index contributed by atoms with van der Waals surface area (Å²) < 4.78 is 40.5. The lowest BCUT2D eigenvalue weighted by atomic mass is 10.2. The molecule has 2 aromatic carbocycles. The first-order valence-electron chi connectivity index (χ1n) is 5.95. The number of hydrogen-bond acceptors (Lipinski definition) is 3. The van der Waals surface area contributed by atoms with E-state index in [0.717, 1.165) is 0 Å². The summed E-state index contributed by atoms with van der Waals surface area (Å²) in [5, 5.41) is 0. The quantitative estimate of drug-likeness (QED) is 0.855. The smallest absolute Gasteiger partial charge is 0.262 e. The molecule has 4 nitrogen and oxygen atoms in total. The van der Waals surface area contributed by atoms with Crippen LogP contribution in [0.25, 0.3) is 0 Å². The van der Waals surface area contributed by atoms with Crippen molar-refractivity contribution in [3.05, 3.63) is 53.3 Å². The maximum atomic E-state index is 13.4. The van der Waals surface area contributed by atoms with Gasteiger partial charge in [0.2, 0.25) is 0 Å². The van der Waals surface area contributed by atoms with Crippen LogP contribution in [-0.4, -0.2) is 8.42 Å². The number of aryl methyl sites for hydroxylation is 1. The SMILES string of the molecule is Cc1ccc(N)cc1S(=O)(=O)Nc1cccc(F)c1C. The Balaban J connectivity index is 2.46. The first-order chi connectivity index (χ1) is 9.31. The second-order valence-corrected chi connectivity index (χ2v) is 6.19. The van der Waals surface area contributed by atoms with Gasteiger partial charge < -0.3 is 5.73 Å². The average molecular weight is 294 g/mol. The largest absolute Gasteiger partial charge is 0.399 e. The van der Waals surface area contributed by atoms with Crippen LogP contribution in [0.2, 0.25) is 0 Å². The van der Waals surface area contributed by atoms with E-state index in [4.69, 9.17) is 5.73 Å². The van der Waals surface area contributed by atoms with E-state index in [1.807, 2.05) is 0 Å². The van der Waals surface area contributed by atoms with Crippen LogP contribution >= 0.6 is 0 Å². The van der Waals surface area contributed by atoms with E-state index in [1.54, 1.807) is 19.1 Å². The first kappa shape index (κ1) is 14.3. The van der Waals surface area contributed by atoms with Crippen LogP contribution in [0.15, 0.2) is 41.3 Å². The predicted molar refractivity (Wildman–Crippen MR) is 77.5 cm³/mol. The van der Waals surface area contributed by atoms with Crippen molar-refractivity contribution in [1.29, 1.82) is 0 Å². The molecule has 0 amide bonds. The number of nitrogens with two attached hydrogens (primary N) is 1. The van der Waals surface area contributed by atoms with Gasteiger partial charge in [0.05, 0.1) is 10.6 Å². The molecule has 0 saturated carbocycles. The Hall–Kier alpha value is -2.08. The summed E-state index contributed by atoms with van der Waals surface area (Å²) in [6, 6.07) is 8.87. The van der Waals surface area contributed by atoms with Gasteiger partial charge in [-0.15, -0.1) is 0 Å². The molecule has 3 N–H and O–H groups in total. The fourth-order valence-corrected chi connectivity index (χ4v) is 3.23. The maximum absolute atomic E-state index is 13.4. The molecule has 2 rings (SSSR count). The van der Waals surface area contributed by atoms with Crippen molar-refractivity contribution >= 4 is 21.4 Å². The summed E-state index contributed by atoms with van der Waals surface area (Å²) in [5.41, 5.74) is 7.01. The lowest BCUT2D eigenvalue weighted by molar-refractivity contribution is 0.600. The number of nitrogen functional groups attached to an aromatic ring is 1. The Bertz CT molecular complexity index is 758. The van der Waals surface area contributed by atoms with Crippen molar-refractivity contribution < 1.29 is 12.8 Å². The molecular weight excluding hydrogens is 279 g/mol. The third kappa shape index (κ3) is 2.75. The monoisotopic (exact) mass is 294 g/mol. The van der Waals surface area contributed by atoms with Gasteiger partial charge in [-0.1, -0.05) is 12.1 Å². The molecule has 0 aliphatic rings. The zero-order chi connectivity index (χ0) is 14.9. The zero-order valence-corrected chi connectivity index (χ0v) is 12.0. The van der Waals surface area contributed by atoms with Crippen molar-refractivity contribution in [2.75, 3.05) is 10.5 Å². The Labute approximate surface area is 117 Å². The number of sulfonamides is 1. The Morgan fingerprint density at radius 3 is 2.55 bits per heavy atom. The molecule has 0 bridgehead atoms. The molecule has 106 valence electrons. The van der Waals surface area contributed by atoms with Crippen molar-refractivity contribution in [2.24, 2.45) is 0 Å². The molecule has 0 heterocycles. The number of rotatable bonds is 3. The summed E-state index contributed by atoms with van der Waals surface area (Å²) in [5.74, 6) is -0.463. The van der Waals surface area contributed by atoms with E-state index in [9.17, 15) is 12.8 Å². The van der Waals surface area contributed by atoms with Gasteiger partial charge in [-0.25, -0.2) is 12.8 Å². The lowest BCUT2D eigenvalue weighted by Crippen LogP contribution is -2.15. The summed E-state index contributed by atoms with van der Waals surface area (Å²) in [4.78, 5) is 0.0844. The van der Waals surface area contributed by atoms with Crippen LogP contribution in [-0.2, 0) is 10.0 Å². The molecule has 0 aliphatic carbocycles. The van der Waals surface area contributed by atoms with Gasteiger partial charge in [0.1, 0.15) is 5.82 Å². The second-order valence-electron chi connectivity index (χ2n) is 4.54. The van der Waals surface area contributed by atoms with E-state index >= 15 is 0 Å². The molecule has 0 spiro atoms. The van der Waals surface area contributed by atoms with Crippen LogP contribution in [0, 0.1) is 19.7 Å². The fourth-order valence-electron chi connectivity index (χ4n) is 1.82. The van der Waals surface area contributed by atoms with Gasteiger partial charge in [-0.3, -0.25) is 4.72 Å². The minimum Gasteiger partial charge on any atom is -0.399 e. The molecular formula is C14H15FN2O2S. The summed E-state index contributed by atoms with van der Waals surface area (Å²) in [6.45, 7) is 3.19. The van der Waals surface area contributed by atoms with Gasteiger partial charge >= 0.3 is 0 Å². The van der Waals surface area contributed by atoms with Crippen LogP contribution in [0.5, 0.6) is 0 Å². The van der Waals surface area contributed by atoms with E-state index in [1.165, 1.54) is 31.2 Å². The molecule has 20 heavy (non-hydrogen) atoms. The van der Waals surface area contributed by atoms with E-state index in [2.05, 4.69) is 4.72 Å². The summed E-state index contributed by atoms with van der Waals surface area (Å²) in [7, 11) is -3.80. The third-order valence-corrected chi connectivity index (χ3v) is 4.52. The number of hydrogen-bond donors (Lipinski definition) is 2. The average Bonchev–Trinajstić information content (AvgIpc) is 2.37. The second kappa shape index (κ2) is 5.13. The van der Waals surface area contributed by atoms with Gasteiger partial charge in [-0.2, -0.15) is 0 Å². The number of anilines is 2. The molecule has 0 aromatic heterocycles. The highest BCUT2D eigenvalue weighted by atomic mass is 32.2. The van der Waals surface area contributed by atoms with Gasteiger partial charge in [0.15, 0.2) is 0 Å². The van der Waals surface area contributed by atoms with E-state index in [0.29, 0.717) is 11.3 Å². The normalized spacial score (nSPS) is 11.3. The fraction of sp³-hybridized carbons (Fsp3) is 0.143. The first-order valence-corrected chi connectivity index (χ1v) is 7.43. The predicted octanol–water partition coefficient (Wildman–Crippen LogP) is 2.83. The molecule has 0 unspecified atom stereocenters. The zero-order valence-electron chi connectivity index (χ0n) is 11.1. The minimum absolute atomic E-state index is 0.0844. The molecule has 6 heteroatoms. The molecule has 0 fully saturated rings. The molecule has 0 aliphatic heterocycles. The summed E-state index contributed by atoms with van der Waals surface area (Å²) >= 11 is 0. The molecule has 0 saturated heterocycles.